The van der Waals surface area contributed by atoms with E-state index in [9.17, 15) is 0 Å². The van der Waals surface area contributed by atoms with E-state index in [2.05, 4.69) is 385 Å². The molecule has 0 N–H and O–H groups in total. The third kappa shape index (κ3) is 18.2. The lowest BCUT2D eigenvalue weighted by atomic mass is 9.98. The van der Waals surface area contributed by atoms with Gasteiger partial charge in [0.05, 0.1) is 0 Å². The van der Waals surface area contributed by atoms with Crippen molar-refractivity contribution >= 4 is 0 Å². The third-order valence-electron chi connectivity index (χ3n) is 15.8. The minimum atomic E-state index is 1.27. The Hall–Kier alpha value is -10.1. The van der Waals surface area contributed by atoms with Crippen LogP contribution in [0.15, 0.2) is 315 Å². The van der Waals surface area contributed by atoms with Gasteiger partial charge in [0.1, 0.15) is 0 Å². The van der Waals surface area contributed by atoms with Crippen LogP contribution in [0.1, 0.15) is 55.6 Å². The van der Waals surface area contributed by atoms with Crippen molar-refractivity contribution in [2.24, 2.45) is 0 Å². The zero-order valence-corrected chi connectivity index (χ0v) is 53.0. The summed E-state index contributed by atoms with van der Waals surface area (Å²) in [6.45, 7) is 21.2. The van der Waals surface area contributed by atoms with E-state index in [1.807, 2.05) is 0 Å². The van der Waals surface area contributed by atoms with E-state index in [4.69, 9.17) is 0 Å². The molecule has 88 heavy (non-hydrogen) atoms. The predicted octanol–water partition coefficient (Wildman–Crippen LogP) is 24.9. The first-order chi connectivity index (χ1) is 42.7. The van der Waals surface area contributed by atoms with E-state index in [-0.39, 0.29) is 0 Å². The molecule has 0 amide bonds. The van der Waals surface area contributed by atoms with Crippen LogP contribution in [-0.4, -0.2) is 0 Å². The van der Waals surface area contributed by atoms with Crippen molar-refractivity contribution < 1.29 is 0 Å². The summed E-state index contributed by atoms with van der Waals surface area (Å²) in [6, 6.07) is 113. The molecule has 0 unspecified atom stereocenters. The molecule has 0 atom stereocenters. The molecule has 0 aliphatic rings. The fourth-order valence-corrected chi connectivity index (χ4v) is 10.4. The summed E-state index contributed by atoms with van der Waals surface area (Å²) < 4.78 is 0. The summed E-state index contributed by atoms with van der Waals surface area (Å²) in [5.74, 6) is 0. The molecule has 13 aromatic carbocycles. The summed E-state index contributed by atoms with van der Waals surface area (Å²) in [7, 11) is 0. The van der Waals surface area contributed by atoms with Crippen molar-refractivity contribution in [1.82, 2.24) is 0 Å². The topological polar surface area (TPSA) is 0 Å². The Labute approximate surface area is 526 Å². The third-order valence-corrected chi connectivity index (χ3v) is 15.8. The van der Waals surface area contributed by atoms with Gasteiger partial charge in [0, 0.05) is 0 Å². The number of aryl methyl sites for hydroxylation is 10. The zero-order chi connectivity index (χ0) is 61.8. The van der Waals surface area contributed by atoms with Gasteiger partial charge in [-0.05, 0) is 176 Å². The van der Waals surface area contributed by atoms with Crippen LogP contribution in [0.5, 0.6) is 0 Å². The molecule has 0 saturated carbocycles. The van der Waals surface area contributed by atoms with Crippen LogP contribution in [0.3, 0.4) is 0 Å². The van der Waals surface area contributed by atoms with E-state index in [1.165, 1.54) is 145 Å². The molecule has 0 saturated heterocycles. The van der Waals surface area contributed by atoms with Crippen LogP contribution in [0.2, 0.25) is 0 Å². The standard InChI is InChI=1S/3C20H18.2C14H14/c1-15-9-11-17(12-10-15)19-7-4-8-20(14-19)18-6-3-5-16(2)13-18;1-15-6-10-17(11-7-15)19-4-3-5-20(14-19)18-12-8-16(2)9-13-18;1-15-6-8-17(9-7-15)18-10-12-19(13-11-18)20-5-3-4-16(2)14-20;1-11-6-8-13(9-7-11)14-5-3-4-12(2)10-14;1-11-7-9-13(10-8-11)14-6-4-3-5-12(14)2/h3*3-14H,1-2H3;2*3-10H,1-2H3. The number of hydrogen-bond donors (Lipinski definition) is 0. The fourth-order valence-electron chi connectivity index (χ4n) is 10.4. The number of rotatable bonds is 8. The molecule has 0 aromatic heterocycles. The summed E-state index contributed by atoms with van der Waals surface area (Å²) in [6.07, 6.45) is 0. The molecule has 434 valence electrons. The lowest BCUT2D eigenvalue weighted by molar-refractivity contribution is 1.43. The van der Waals surface area contributed by atoms with Crippen LogP contribution in [0.4, 0.5) is 0 Å². The number of hydrogen-bond acceptors (Lipinski definition) is 0. The zero-order valence-electron chi connectivity index (χ0n) is 53.0. The highest BCUT2D eigenvalue weighted by Gasteiger charge is 2.06. The average Bonchev–Trinajstić information content (AvgIpc) is 3.67. The molecular formula is C88H82. The quantitative estimate of drug-likeness (QED) is 0.142. The lowest BCUT2D eigenvalue weighted by Crippen LogP contribution is -1.82. The van der Waals surface area contributed by atoms with Gasteiger partial charge in [-0.2, -0.15) is 0 Å². The Kier molecular flexibility index (Phi) is 21.8. The Morgan fingerprint density at radius 3 is 0.580 bits per heavy atom. The van der Waals surface area contributed by atoms with Crippen molar-refractivity contribution in [3.8, 4) is 89.0 Å². The molecule has 13 aromatic rings. The van der Waals surface area contributed by atoms with Gasteiger partial charge in [-0.15, -0.1) is 0 Å². The van der Waals surface area contributed by atoms with Gasteiger partial charge >= 0.3 is 0 Å². The van der Waals surface area contributed by atoms with Crippen LogP contribution < -0.4 is 0 Å². The highest BCUT2D eigenvalue weighted by molar-refractivity contribution is 5.76. The maximum Gasteiger partial charge on any atom is -0.0155 e. The Morgan fingerprint density at radius 1 is 0.125 bits per heavy atom. The summed E-state index contributed by atoms with van der Waals surface area (Å²) in [4.78, 5) is 0. The molecular weight excluding hydrogens is 1060 g/mol. The van der Waals surface area contributed by atoms with Gasteiger partial charge in [-0.1, -0.05) is 353 Å². The summed E-state index contributed by atoms with van der Waals surface area (Å²) in [5.41, 5.74) is 33.5. The second-order valence-electron chi connectivity index (χ2n) is 23.4. The van der Waals surface area contributed by atoms with Gasteiger partial charge in [0.2, 0.25) is 0 Å². The normalized spacial score (nSPS) is 10.4. The smallest absolute Gasteiger partial charge is 0.0155 e. The van der Waals surface area contributed by atoms with E-state index >= 15 is 0 Å². The van der Waals surface area contributed by atoms with E-state index in [0.29, 0.717) is 0 Å². The second-order valence-corrected chi connectivity index (χ2v) is 23.4. The summed E-state index contributed by atoms with van der Waals surface area (Å²) in [5, 5.41) is 0. The van der Waals surface area contributed by atoms with Crippen LogP contribution >= 0.6 is 0 Å². The maximum absolute atomic E-state index is 2.26. The fraction of sp³-hybridized carbons (Fsp3) is 0.114. The van der Waals surface area contributed by atoms with E-state index < -0.39 is 0 Å². The molecule has 0 fully saturated rings. The molecule has 0 spiro atoms. The number of benzene rings is 13. The van der Waals surface area contributed by atoms with Gasteiger partial charge in [-0.25, -0.2) is 0 Å². The molecule has 0 nitrogen and oxygen atoms in total. The van der Waals surface area contributed by atoms with Crippen molar-refractivity contribution in [3.05, 3.63) is 371 Å². The van der Waals surface area contributed by atoms with Gasteiger partial charge in [0.15, 0.2) is 0 Å². The van der Waals surface area contributed by atoms with Gasteiger partial charge in [0.25, 0.3) is 0 Å². The average molecular weight is 1140 g/mol. The Bertz CT molecular complexity index is 4210. The highest BCUT2D eigenvalue weighted by atomic mass is 14.1. The van der Waals surface area contributed by atoms with Crippen molar-refractivity contribution in [3.63, 3.8) is 0 Å². The molecule has 0 aliphatic heterocycles. The lowest BCUT2D eigenvalue weighted by Gasteiger charge is -2.07. The van der Waals surface area contributed by atoms with Crippen molar-refractivity contribution in [1.29, 1.82) is 0 Å². The maximum atomic E-state index is 2.26. The second kappa shape index (κ2) is 30.8. The van der Waals surface area contributed by atoms with Gasteiger partial charge < -0.3 is 0 Å². The minimum absolute atomic E-state index is 1.27. The predicted molar refractivity (Wildman–Crippen MR) is 383 cm³/mol. The van der Waals surface area contributed by atoms with Crippen LogP contribution in [0, 0.1) is 69.2 Å². The molecule has 0 radical (unpaired) electrons. The van der Waals surface area contributed by atoms with Gasteiger partial charge in [-0.3, -0.25) is 0 Å². The molecule has 0 aliphatic carbocycles. The SMILES string of the molecule is Cc1ccc(-c2ccc(-c3cccc(C)c3)cc2)cc1.Cc1ccc(-c2cccc(-c3ccc(C)cc3)c2)cc1.Cc1ccc(-c2cccc(-c3cccc(C)c3)c2)cc1.Cc1ccc(-c2cccc(C)c2)cc1.Cc1ccc(-c2ccccc2C)cc1. The molecule has 0 heterocycles. The van der Waals surface area contributed by atoms with Crippen LogP contribution in [0.25, 0.3) is 89.0 Å². The Morgan fingerprint density at radius 2 is 0.318 bits per heavy atom. The largest absolute Gasteiger partial charge is 0.0620 e. The molecule has 13 rings (SSSR count). The van der Waals surface area contributed by atoms with Crippen molar-refractivity contribution in [2.45, 2.75) is 69.2 Å². The molecule has 0 bridgehead atoms. The monoisotopic (exact) mass is 1140 g/mol. The van der Waals surface area contributed by atoms with E-state index in [0.717, 1.165) is 0 Å². The molecule has 0 heteroatoms. The first kappa shape index (κ1) is 62.4. The van der Waals surface area contributed by atoms with E-state index in [1.54, 1.807) is 0 Å². The Balaban J connectivity index is 0.000000132. The van der Waals surface area contributed by atoms with Crippen LogP contribution in [-0.2, 0) is 0 Å². The highest BCUT2D eigenvalue weighted by Crippen LogP contribution is 2.31. The first-order valence-corrected chi connectivity index (χ1v) is 30.7. The first-order valence-electron chi connectivity index (χ1n) is 30.7. The summed E-state index contributed by atoms with van der Waals surface area (Å²) >= 11 is 0. The minimum Gasteiger partial charge on any atom is -0.0620 e. The van der Waals surface area contributed by atoms with Crippen molar-refractivity contribution in [2.75, 3.05) is 0 Å².